The number of aromatic nitrogens is 1. The van der Waals surface area contributed by atoms with Gasteiger partial charge in [0.05, 0.1) is 13.1 Å². The van der Waals surface area contributed by atoms with E-state index >= 15 is 0 Å². The van der Waals surface area contributed by atoms with Crippen molar-refractivity contribution >= 4 is 23.0 Å². The molecule has 0 unspecified atom stereocenters. The van der Waals surface area contributed by atoms with E-state index in [4.69, 9.17) is 22.9 Å². The van der Waals surface area contributed by atoms with E-state index in [1.807, 2.05) is 37.3 Å². The summed E-state index contributed by atoms with van der Waals surface area (Å²) in [6, 6.07) is 9.51. The van der Waals surface area contributed by atoms with Gasteiger partial charge < -0.3 is 9.64 Å². The van der Waals surface area contributed by atoms with E-state index in [-0.39, 0.29) is 6.10 Å². The molecule has 0 radical (unpaired) electrons. The highest BCUT2D eigenvalue weighted by Gasteiger charge is 2.26. The molecule has 1 aliphatic rings. The van der Waals surface area contributed by atoms with Crippen LogP contribution in [0.1, 0.15) is 12.0 Å². The fourth-order valence-electron chi connectivity index (χ4n) is 2.63. The van der Waals surface area contributed by atoms with E-state index in [1.54, 1.807) is 6.20 Å². The maximum Gasteiger partial charge on any atom is 0.232 e. The van der Waals surface area contributed by atoms with Crippen LogP contribution in [-0.2, 0) is 0 Å². The van der Waals surface area contributed by atoms with Gasteiger partial charge in [-0.15, -0.1) is 0 Å². The van der Waals surface area contributed by atoms with Gasteiger partial charge in [0.15, 0.2) is 0 Å². The molecule has 0 amide bonds. The Labute approximate surface area is 135 Å². The molecule has 1 aromatic heterocycles. The third-order valence-electron chi connectivity index (χ3n) is 3.71. The summed E-state index contributed by atoms with van der Waals surface area (Å²) in [6.45, 7) is 10.8. The second kappa shape index (κ2) is 6.25. The van der Waals surface area contributed by atoms with Gasteiger partial charge in [0.1, 0.15) is 11.1 Å². The standard InChI is InChI=1S/C17H16ClN3O/c1-12-9-14(18)17(20-10-12)22-13-7-8-21(11-13)16-6-4-3-5-15(16)19-2/h3-6,9-10,13H,7-8,11H2,1H3/t13-/m0/s1. The Morgan fingerprint density at radius 1 is 1.41 bits per heavy atom. The summed E-state index contributed by atoms with van der Waals surface area (Å²) in [5.74, 6) is 0.484. The van der Waals surface area contributed by atoms with Crippen LogP contribution in [0.4, 0.5) is 11.4 Å². The number of rotatable bonds is 3. The monoisotopic (exact) mass is 313 g/mol. The molecule has 0 saturated carbocycles. The van der Waals surface area contributed by atoms with Gasteiger partial charge in [-0.1, -0.05) is 29.8 Å². The van der Waals surface area contributed by atoms with E-state index in [1.165, 1.54) is 0 Å². The highest BCUT2D eigenvalue weighted by molar-refractivity contribution is 6.31. The lowest BCUT2D eigenvalue weighted by molar-refractivity contribution is 0.216. The molecule has 112 valence electrons. The zero-order chi connectivity index (χ0) is 15.5. The topological polar surface area (TPSA) is 29.7 Å². The van der Waals surface area contributed by atoms with Crippen molar-refractivity contribution in [1.82, 2.24) is 4.98 Å². The Hall–Kier alpha value is -2.25. The molecule has 1 atom stereocenters. The molecular formula is C17H16ClN3O. The molecular weight excluding hydrogens is 298 g/mol. The van der Waals surface area contributed by atoms with Crippen LogP contribution < -0.4 is 9.64 Å². The maximum atomic E-state index is 7.27. The summed E-state index contributed by atoms with van der Waals surface area (Å²) in [7, 11) is 0. The summed E-state index contributed by atoms with van der Waals surface area (Å²) in [5.41, 5.74) is 2.65. The van der Waals surface area contributed by atoms with E-state index in [0.29, 0.717) is 16.6 Å². The lowest BCUT2D eigenvalue weighted by Crippen LogP contribution is -2.24. The molecule has 0 N–H and O–H groups in total. The number of ether oxygens (including phenoxy) is 1. The smallest absolute Gasteiger partial charge is 0.232 e. The van der Waals surface area contributed by atoms with Crippen LogP contribution in [0.5, 0.6) is 5.88 Å². The summed E-state index contributed by atoms with van der Waals surface area (Å²) in [6.07, 6.45) is 2.67. The van der Waals surface area contributed by atoms with Crippen molar-refractivity contribution in [1.29, 1.82) is 0 Å². The first-order valence-electron chi connectivity index (χ1n) is 7.17. The lowest BCUT2D eigenvalue weighted by Gasteiger charge is -2.20. The lowest BCUT2D eigenvalue weighted by atomic mass is 10.2. The van der Waals surface area contributed by atoms with Crippen LogP contribution in [-0.4, -0.2) is 24.2 Å². The van der Waals surface area contributed by atoms with Crippen LogP contribution in [0, 0.1) is 13.5 Å². The molecule has 2 heterocycles. The summed E-state index contributed by atoms with van der Waals surface area (Å²) >= 11 is 6.17. The van der Waals surface area contributed by atoms with Gasteiger partial charge in [0.25, 0.3) is 0 Å². The first-order valence-corrected chi connectivity index (χ1v) is 7.55. The normalized spacial score (nSPS) is 17.3. The van der Waals surface area contributed by atoms with Crippen molar-refractivity contribution < 1.29 is 4.74 Å². The molecule has 4 nitrogen and oxygen atoms in total. The van der Waals surface area contributed by atoms with Crippen molar-refractivity contribution in [2.45, 2.75) is 19.4 Å². The first-order chi connectivity index (χ1) is 10.7. The second-order valence-corrected chi connectivity index (χ2v) is 5.78. The van der Waals surface area contributed by atoms with Crippen molar-refractivity contribution in [3.8, 4) is 5.88 Å². The quantitative estimate of drug-likeness (QED) is 0.793. The number of benzene rings is 1. The molecule has 3 rings (SSSR count). The Morgan fingerprint density at radius 2 is 2.23 bits per heavy atom. The zero-order valence-electron chi connectivity index (χ0n) is 12.3. The average molecular weight is 314 g/mol. The van der Waals surface area contributed by atoms with Gasteiger partial charge in [-0.2, -0.15) is 0 Å². The molecule has 0 spiro atoms. The summed E-state index contributed by atoms with van der Waals surface area (Å²) in [5, 5.41) is 0.542. The Morgan fingerprint density at radius 3 is 3.00 bits per heavy atom. The molecule has 0 aliphatic carbocycles. The Balaban J connectivity index is 1.71. The van der Waals surface area contributed by atoms with E-state index in [9.17, 15) is 0 Å². The van der Waals surface area contributed by atoms with Gasteiger partial charge in [-0.25, -0.2) is 9.83 Å². The summed E-state index contributed by atoms with van der Waals surface area (Å²) in [4.78, 5) is 10.0. The Bertz CT molecular complexity index is 726. The van der Waals surface area contributed by atoms with Gasteiger partial charge in [0, 0.05) is 24.8 Å². The van der Waals surface area contributed by atoms with Crippen molar-refractivity contribution in [3.63, 3.8) is 0 Å². The molecule has 1 aromatic carbocycles. The van der Waals surface area contributed by atoms with Crippen LogP contribution in [0.25, 0.3) is 4.85 Å². The third kappa shape index (κ3) is 3.00. The molecule has 1 aliphatic heterocycles. The minimum atomic E-state index is 0.0338. The number of para-hydroxylation sites is 2. The highest BCUT2D eigenvalue weighted by Crippen LogP contribution is 2.32. The average Bonchev–Trinajstić information content (AvgIpc) is 2.98. The zero-order valence-corrected chi connectivity index (χ0v) is 13.0. The van der Waals surface area contributed by atoms with Crippen LogP contribution in [0.15, 0.2) is 36.5 Å². The fourth-order valence-corrected chi connectivity index (χ4v) is 2.90. The number of halogens is 1. The second-order valence-electron chi connectivity index (χ2n) is 5.37. The number of nitrogens with zero attached hydrogens (tertiary/aromatic N) is 3. The van der Waals surface area contributed by atoms with Crippen molar-refractivity contribution in [2.24, 2.45) is 0 Å². The van der Waals surface area contributed by atoms with Crippen LogP contribution >= 0.6 is 11.6 Å². The van der Waals surface area contributed by atoms with E-state index in [0.717, 1.165) is 30.8 Å². The summed E-state index contributed by atoms with van der Waals surface area (Å²) < 4.78 is 5.92. The van der Waals surface area contributed by atoms with E-state index in [2.05, 4.69) is 14.7 Å². The number of anilines is 1. The largest absolute Gasteiger partial charge is 0.471 e. The van der Waals surface area contributed by atoms with Gasteiger partial charge in [-0.3, -0.25) is 0 Å². The number of hydrogen-bond donors (Lipinski definition) is 0. The SMILES string of the molecule is [C-]#[N+]c1ccccc1N1CC[C@H](Oc2ncc(C)cc2Cl)C1. The van der Waals surface area contributed by atoms with Crippen LogP contribution in [0.3, 0.4) is 0 Å². The molecule has 1 fully saturated rings. The number of pyridine rings is 1. The maximum absolute atomic E-state index is 7.27. The van der Waals surface area contributed by atoms with Gasteiger partial charge in [0.2, 0.25) is 11.6 Å². The first kappa shape index (κ1) is 14.7. The molecule has 2 aromatic rings. The predicted molar refractivity (Wildman–Crippen MR) is 87.9 cm³/mol. The third-order valence-corrected chi connectivity index (χ3v) is 3.98. The predicted octanol–water partition coefficient (Wildman–Crippen LogP) is 4.25. The molecule has 5 heteroatoms. The highest BCUT2D eigenvalue weighted by atomic mass is 35.5. The van der Waals surface area contributed by atoms with Crippen molar-refractivity contribution in [3.05, 3.63) is 58.5 Å². The number of hydrogen-bond acceptors (Lipinski definition) is 3. The minimum absolute atomic E-state index is 0.0338. The minimum Gasteiger partial charge on any atom is -0.471 e. The van der Waals surface area contributed by atoms with E-state index < -0.39 is 0 Å². The van der Waals surface area contributed by atoms with Crippen LogP contribution in [0.2, 0.25) is 5.02 Å². The van der Waals surface area contributed by atoms with Gasteiger partial charge >= 0.3 is 0 Å². The molecule has 22 heavy (non-hydrogen) atoms. The molecule has 1 saturated heterocycles. The van der Waals surface area contributed by atoms with Gasteiger partial charge in [-0.05, 0) is 24.6 Å². The Kier molecular flexibility index (Phi) is 4.17. The number of aryl methyl sites for hydroxylation is 1. The fraction of sp³-hybridized carbons (Fsp3) is 0.294. The molecule has 0 bridgehead atoms. The van der Waals surface area contributed by atoms with Crippen molar-refractivity contribution in [2.75, 3.05) is 18.0 Å².